The average Bonchev–Trinajstić information content (AvgIpc) is 2.00. The van der Waals surface area contributed by atoms with Crippen molar-refractivity contribution in [1.29, 1.82) is 0 Å². The van der Waals surface area contributed by atoms with E-state index in [2.05, 4.69) is 5.32 Å². The SMILES string of the molecule is CC(Cl)C(=O)NC(=O)NCCF. The Morgan fingerprint density at radius 2 is 2.17 bits per heavy atom. The van der Waals surface area contributed by atoms with Gasteiger partial charge >= 0.3 is 6.03 Å². The van der Waals surface area contributed by atoms with Crippen molar-refractivity contribution in [2.24, 2.45) is 0 Å². The van der Waals surface area contributed by atoms with E-state index in [1.54, 1.807) is 0 Å². The highest BCUT2D eigenvalue weighted by atomic mass is 35.5. The Labute approximate surface area is 74.5 Å². The summed E-state index contributed by atoms with van der Waals surface area (Å²) in [5.74, 6) is -0.604. The van der Waals surface area contributed by atoms with Crippen LogP contribution in [0.4, 0.5) is 9.18 Å². The molecule has 0 fully saturated rings. The van der Waals surface area contributed by atoms with Gasteiger partial charge in [0.1, 0.15) is 12.1 Å². The van der Waals surface area contributed by atoms with E-state index < -0.39 is 24.0 Å². The largest absolute Gasteiger partial charge is 0.335 e. The van der Waals surface area contributed by atoms with Gasteiger partial charge in [0.25, 0.3) is 0 Å². The molecule has 2 N–H and O–H groups in total. The van der Waals surface area contributed by atoms with Gasteiger partial charge in [0.05, 0.1) is 0 Å². The summed E-state index contributed by atoms with van der Waals surface area (Å²) in [4.78, 5) is 21.4. The van der Waals surface area contributed by atoms with E-state index in [1.165, 1.54) is 6.92 Å². The molecule has 0 bridgehead atoms. The predicted octanol–water partition coefficient (Wildman–Crippen LogP) is 0.409. The summed E-state index contributed by atoms with van der Waals surface area (Å²) in [6, 6.07) is -0.731. The van der Waals surface area contributed by atoms with E-state index in [4.69, 9.17) is 11.6 Å². The fourth-order valence-corrected chi connectivity index (χ4v) is 0.471. The molecule has 1 atom stereocenters. The van der Waals surface area contributed by atoms with Crippen molar-refractivity contribution < 1.29 is 14.0 Å². The van der Waals surface area contributed by atoms with Crippen molar-refractivity contribution in [2.45, 2.75) is 12.3 Å². The first kappa shape index (κ1) is 11.2. The number of amides is 3. The molecular weight excluding hydrogens is 187 g/mol. The molecule has 4 nitrogen and oxygen atoms in total. The maximum Gasteiger partial charge on any atom is 0.321 e. The van der Waals surface area contributed by atoms with Crippen LogP contribution in [-0.2, 0) is 4.79 Å². The number of carbonyl (C=O) groups is 2. The Balaban J connectivity index is 3.62. The third-order valence-corrected chi connectivity index (χ3v) is 1.18. The lowest BCUT2D eigenvalue weighted by Gasteiger charge is -2.05. The van der Waals surface area contributed by atoms with Crippen molar-refractivity contribution in [3.8, 4) is 0 Å². The van der Waals surface area contributed by atoms with E-state index >= 15 is 0 Å². The lowest BCUT2D eigenvalue weighted by Crippen LogP contribution is -2.42. The smallest absolute Gasteiger partial charge is 0.321 e. The molecule has 70 valence electrons. The van der Waals surface area contributed by atoms with Crippen LogP contribution < -0.4 is 10.6 Å². The molecule has 0 aromatic carbocycles. The van der Waals surface area contributed by atoms with Gasteiger partial charge in [-0.25, -0.2) is 9.18 Å². The van der Waals surface area contributed by atoms with Crippen LogP contribution in [0.3, 0.4) is 0 Å². The van der Waals surface area contributed by atoms with Crippen LogP contribution in [0, 0.1) is 0 Å². The Hall–Kier alpha value is -0.840. The maximum absolute atomic E-state index is 11.5. The molecule has 0 rings (SSSR count). The summed E-state index contributed by atoms with van der Waals surface area (Å²) in [5.41, 5.74) is 0. The fourth-order valence-electron chi connectivity index (χ4n) is 0.416. The first-order chi connectivity index (χ1) is 5.57. The molecule has 0 saturated heterocycles. The molecule has 3 amide bonds. The number of urea groups is 1. The van der Waals surface area contributed by atoms with Crippen molar-refractivity contribution in [2.75, 3.05) is 13.2 Å². The molecule has 0 spiro atoms. The van der Waals surface area contributed by atoms with Crippen molar-refractivity contribution in [3.05, 3.63) is 0 Å². The average molecular weight is 197 g/mol. The second-order valence-electron chi connectivity index (χ2n) is 2.05. The van der Waals surface area contributed by atoms with Crippen LogP contribution in [-0.4, -0.2) is 30.5 Å². The Bertz CT molecular complexity index is 175. The second-order valence-corrected chi connectivity index (χ2v) is 2.70. The van der Waals surface area contributed by atoms with Crippen molar-refractivity contribution >= 4 is 23.5 Å². The third kappa shape index (κ3) is 4.90. The molecule has 0 aromatic rings. The summed E-state index contributed by atoms with van der Waals surface area (Å²) in [6.45, 7) is 0.646. The van der Waals surface area contributed by atoms with Crippen LogP contribution in [0.25, 0.3) is 0 Å². The third-order valence-electron chi connectivity index (χ3n) is 0.978. The van der Waals surface area contributed by atoms with Gasteiger partial charge in [-0.15, -0.1) is 11.6 Å². The molecule has 0 heterocycles. The van der Waals surface area contributed by atoms with E-state index in [-0.39, 0.29) is 6.54 Å². The standard InChI is InChI=1S/C6H10ClFN2O2/c1-4(7)5(11)10-6(12)9-3-2-8/h4H,2-3H2,1H3,(H2,9,10,11,12). The quantitative estimate of drug-likeness (QED) is 0.643. The van der Waals surface area contributed by atoms with E-state index in [9.17, 15) is 14.0 Å². The number of imide groups is 1. The Morgan fingerprint density at radius 1 is 1.58 bits per heavy atom. The van der Waals surface area contributed by atoms with Crippen molar-refractivity contribution in [3.63, 3.8) is 0 Å². The molecule has 0 aliphatic heterocycles. The number of hydrogen-bond acceptors (Lipinski definition) is 2. The van der Waals surface area contributed by atoms with Crippen LogP contribution in [0.1, 0.15) is 6.92 Å². The summed E-state index contributed by atoms with van der Waals surface area (Å²) >= 11 is 5.34. The molecule has 0 aromatic heterocycles. The van der Waals surface area contributed by atoms with E-state index in [0.717, 1.165) is 0 Å². The Kier molecular flexibility index (Phi) is 5.36. The van der Waals surface area contributed by atoms with Gasteiger partial charge in [-0.3, -0.25) is 10.1 Å². The van der Waals surface area contributed by atoms with Crippen LogP contribution in [0.5, 0.6) is 0 Å². The monoisotopic (exact) mass is 196 g/mol. The first-order valence-corrected chi connectivity index (χ1v) is 3.80. The molecule has 12 heavy (non-hydrogen) atoms. The molecule has 6 heteroatoms. The summed E-state index contributed by atoms with van der Waals surface area (Å²) in [7, 11) is 0. The highest BCUT2D eigenvalue weighted by Crippen LogP contribution is 1.91. The van der Waals surface area contributed by atoms with Gasteiger partial charge in [-0.2, -0.15) is 0 Å². The first-order valence-electron chi connectivity index (χ1n) is 3.36. The van der Waals surface area contributed by atoms with Gasteiger partial charge in [0.15, 0.2) is 0 Å². The number of carbonyl (C=O) groups excluding carboxylic acids is 2. The minimum absolute atomic E-state index is 0.115. The molecule has 0 aliphatic carbocycles. The van der Waals surface area contributed by atoms with Gasteiger partial charge in [0.2, 0.25) is 5.91 Å². The van der Waals surface area contributed by atoms with E-state index in [0.29, 0.717) is 0 Å². The predicted molar refractivity (Wildman–Crippen MR) is 42.8 cm³/mol. The lowest BCUT2D eigenvalue weighted by molar-refractivity contribution is -0.119. The minimum Gasteiger partial charge on any atom is -0.335 e. The molecule has 0 radical (unpaired) electrons. The number of nitrogens with one attached hydrogen (secondary N) is 2. The lowest BCUT2D eigenvalue weighted by atomic mass is 10.4. The summed E-state index contributed by atoms with van der Waals surface area (Å²) in [6.07, 6.45) is 0. The van der Waals surface area contributed by atoms with Gasteiger partial charge in [0, 0.05) is 6.54 Å². The zero-order valence-corrected chi connectivity index (χ0v) is 7.32. The zero-order chi connectivity index (χ0) is 9.56. The zero-order valence-electron chi connectivity index (χ0n) is 6.56. The second kappa shape index (κ2) is 5.77. The summed E-state index contributed by atoms with van der Waals surface area (Å²) in [5, 5.41) is 3.26. The highest BCUT2D eigenvalue weighted by molar-refractivity contribution is 6.31. The minimum atomic E-state index is -0.777. The highest BCUT2D eigenvalue weighted by Gasteiger charge is 2.11. The van der Waals surface area contributed by atoms with Crippen LogP contribution in [0.15, 0.2) is 0 Å². The van der Waals surface area contributed by atoms with Crippen LogP contribution >= 0.6 is 11.6 Å². The number of rotatable bonds is 3. The number of halogens is 2. The molecular formula is C6H10ClFN2O2. The maximum atomic E-state index is 11.5. The topological polar surface area (TPSA) is 58.2 Å². The normalized spacial score (nSPS) is 11.9. The van der Waals surface area contributed by atoms with Gasteiger partial charge in [-0.05, 0) is 6.92 Å². The molecule has 0 saturated carbocycles. The summed E-state index contributed by atoms with van der Waals surface area (Å²) < 4.78 is 11.5. The van der Waals surface area contributed by atoms with Gasteiger partial charge < -0.3 is 5.32 Å². The van der Waals surface area contributed by atoms with Gasteiger partial charge in [-0.1, -0.05) is 0 Å². The molecule has 1 unspecified atom stereocenters. The van der Waals surface area contributed by atoms with Crippen LogP contribution in [0.2, 0.25) is 0 Å². The van der Waals surface area contributed by atoms with E-state index in [1.807, 2.05) is 5.32 Å². The Morgan fingerprint density at radius 3 is 2.58 bits per heavy atom. The number of alkyl halides is 2. The molecule has 0 aliphatic rings. The fraction of sp³-hybridized carbons (Fsp3) is 0.667. The number of hydrogen-bond donors (Lipinski definition) is 2. The van der Waals surface area contributed by atoms with Crippen molar-refractivity contribution in [1.82, 2.24) is 10.6 Å².